The SMILES string of the molecule is CCOC(OCC)c1nc2cc(C)ccc2n1C1CC1. The highest BCUT2D eigenvalue weighted by Gasteiger charge is 2.31. The van der Waals surface area contributed by atoms with Crippen LogP contribution in [0.1, 0.15) is 50.4 Å². The predicted molar refractivity (Wildman–Crippen MR) is 78.7 cm³/mol. The highest BCUT2D eigenvalue weighted by Crippen LogP contribution is 2.40. The van der Waals surface area contributed by atoms with Crippen LogP contribution < -0.4 is 0 Å². The van der Waals surface area contributed by atoms with Crippen LogP contribution in [0.3, 0.4) is 0 Å². The average Bonchev–Trinajstić information content (AvgIpc) is 3.19. The van der Waals surface area contributed by atoms with E-state index >= 15 is 0 Å². The molecule has 0 aliphatic heterocycles. The molecule has 1 fully saturated rings. The molecular formula is C16H22N2O2. The van der Waals surface area contributed by atoms with Crippen LogP contribution in [0.25, 0.3) is 11.0 Å². The van der Waals surface area contributed by atoms with E-state index in [9.17, 15) is 0 Å². The van der Waals surface area contributed by atoms with Crippen LogP contribution in [0.15, 0.2) is 18.2 Å². The number of nitrogens with zero attached hydrogens (tertiary/aromatic N) is 2. The first-order chi connectivity index (χ1) is 9.74. The van der Waals surface area contributed by atoms with Crippen LogP contribution in [-0.4, -0.2) is 22.8 Å². The third-order valence-electron chi connectivity index (χ3n) is 3.63. The summed E-state index contributed by atoms with van der Waals surface area (Å²) in [7, 11) is 0. The zero-order chi connectivity index (χ0) is 14.1. The van der Waals surface area contributed by atoms with Crippen molar-refractivity contribution in [2.45, 2.75) is 45.9 Å². The van der Waals surface area contributed by atoms with E-state index in [1.54, 1.807) is 0 Å². The number of hydrogen-bond donors (Lipinski definition) is 0. The number of imidazole rings is 1. The number of aryl methyl sites for hydroxylation is 1. The summed E-state index contributed by atoms with van der Waals surface area (Å²) in [5, 5.41) is 0. The highest BCUT2D eigenvalue weighted by molar-refractivity contribution is 5.77. The fourth-order valence-electron chi connectivity index (χ4n) is 2.61. The smallest absolute Gasteiger partial charge is 0.217 e. The molecule has 1 aliphatic carbocycles. The van der Waals surface area contributed by atoms with E-state index in [2.05, 4.69) is 29.7 Å². The lowest BCUT2D eigenvalue weighted by Gasteiger charge is -2.18. The fraction of sp³-hybridized carbons (Fsp3) is 0.562. The largest absolute Gasteiger partial charge is 0.346 e. The average molecular weight is 274 g/mol. The summed E-state index contributed by atoms with van der Waals surface area (Å²) in [5.41, 5.74) is 3.46. The molecule has 1 aromatic carbocycles. The molecule has 0 radical (unpaired) electrons. The van der Waals surface area contributed by atoms with E-state index in [0.29, 0.717) is 19.3 Å². The summed E-state index contributed by atoms with van der Waals surface area (Å²) in [4.78, 5) is 4.79. The topological polar surface area (TPSA) is 36.3 Å². The number of hydrogen-bond acceptors (Lipinski definition) is 3. The molecule has 0 N–H and O–H groups in total. The van der Waals surface area contributed by atoms with Gasteiger partial charge in [-0.05, 0) is 51.3 Å². The first kappa shape index (κ1) is 13.6. The molecule has 0 bridgehead atoms. The zero-order valence-electron chi connectivity index (χ0n) is 12.4. The van der Waals surface area contributed by atoms with Crippen LogP contribution in [0.4, 0.5) is 0 Å². The van der Waals surface area contributed by atoms with Crippen molar-refractivity contribution in [2.24, 2.45) is 0 Å². The first-order valence-electron chi connectivity index (χ1n) is 7.46. The van der Waals surface area contributed by atoms with Gasteiger partial charge in [0.2, 0.25) is 6.29 Å². The molecule has 1 heterocycles. The lowest BCUT2D eigenvalue weighted by Crippen LogP contribution is -2.15. The second-order valence-electron chi connectivity index (χ2n) is 5.31. The minimum absolute atomic E-state index is 0.363. The van der Waals surface area contributed by atoms with Gasteiger partial charge in [-0.1, -0.05) is 6.07 Å². The molecule has 0 spiro atoms. The third kappa shape index (κ3) is 2.45. The maximum absolute atomic E-state index is 5.74. The standard InChI is InChI=1S/C16H22N2O2/c1-4-19-16(20-5-2)15-17-13-10-11(3)6-9-14(13)18(15)12-7-8-12/h6,9-10,12,16H,4-5,7-8H2,1-3H3. The molecule has 2 aromatic rings. The fourth-order valence-corrected chi connectivity index (χ4v) is 2.61. The number of rotatable bonds is 6. The van der Waals surface area contributed by atoms with Gasteiger partial charge in [0.15, 0.2) is 5.82 Å². The maximum Gasteiger partial charge on any atom is 0.217 e. The maximum atomic E-state index is 5.74. The first-order valence-corrected chi connectivity index (χ1v) is 7.46. The zero-order valence-corrected chi connectivity index (χ0v) is 12.4. The number of fused-ring (bicyclic) bond motifs is 1. The molecule has 4 heteroatoms. The number of aromatic nitrogens is 2. The molecule has 108 valence electrons. The van der Waals surface area contributed by atoms with Gasteiger partial charge in [-0.2, -0.15) is 0 Å². The van der Waals surface area contributed by atoms with Crippen molar-refractivity contribution in [2.75, 3.05) is 13.2 Å². The molecule has 4 nitrogen and oxygen atoms in total. The Bertz CT molecular complexity index is 596. The Morgan fingerprint density at radius 2 is 1.95 bits per heavy atom. The van der Waals surface area contributed by atoms with Gasteiger partial charge in [-0.25, -0.2) is 4.98 Å². The van der Waals surface area contributed by atoms with Crippen molar-refractivity contribution in [3.8, 4) is 0 Å². The Morgan fingerprint density at radius 1 is 1.25 bits per heavy atom. The monoisotopic (exact) mass is 274 g/mol. The Labute approximate surface area is 119 Å². The van der Waals surface area contributed by atoms with E-state index in [4.69, 9.17) is 14.5 Å². The van der Waals surface area contributed by atoms with Gasteiger partial charge in [0, 0.05) is 19.3 Å². The van der Waals surface area contributed by atoms with E-state index in [1.807, 2.05) is 13.8 Å². The van der Waals surface area contributed by atoms with Crippen molar-refractivity contribution in [3.63, 3.8) is 0 Å². The van der Waals surface area contributed by atoms with Gasteiger partial charge in [0.05, 0.1) is 11.0 Å². The minimum atomic E-state index is -0.363. The van der Waals surface area contributed by atoms with Crippen molar-refractivity contribution in [1.29, 1.82) is 0 Å². The summed E-state index contributed by atoms with van der Waals surface area (Å²) in [6.07, 6.45) is 2.08. The van der Waals surface area contributed by atoms with E-state index in [-0.39, 0.29) is 6.29 Å². The van der Waals surface area contributed by atoms with Gasteiger partial charge < -0.3 is 14.0 Å². The van der Waals surface area contributed by atoms with Gasteiger partial charge in [-0.15, -0.1) is 0 Å². The van der Waals surface area contributed by atoms with Crippen LogP contribution in [0.5, 0.6) is 0 Å². The third-order valence-corrected chi connectivity index (χ3v) is 3.63. The molecular weight excluding hydrogens is 252 g/mol. The minimum Gasteiger partial charge on any atom is -0.346 e. The Hall–Kier alpha value is -1.39. The Kier molecular flexibility index (Phi) is 3.76. The highest BCUT2D eigenvalue weighted by atomic mass is 16.7. The molecule has 0 amide bonds. The molecule has 20 heavy (non-hydrogen) atoms. The molecule has 1 saturated carbocycles. The lowest BCUT2D eigenvalue weighted by atomic mass is 10.2. The van der Waals surface area contributed by atoms with E-state index in [0.717, 1.165) is 11.3 Å². The van der Waals surface area contributed by atoms with E-state index in [1.165, 1.54) is 23.9 Å². The summed E-state index contributed by atoms with van der Waals surface area (Å²) in [6, 6.07) is 6.99. The van der Waals surface area contributed by atoms with Crippen LogP contribution in [0.2, 0.25) is 0 Å². The number of benzene rings is 1. The van der Waals surface area contributed by atoms with Crippen LogP contribution in [-0.2, 0) is 9.47 Å². The molecule has 1 aromatic heterocycles. The van der Waals surface area contributed by atoms with Gasteiger partial charge in [0.1, 0.15) is 0 Å². The molecule has 1 aliphatic rings. The normalized spacial score (nSPS) is 15.4. The summed E-state index contributed by atoms with van der Waals surface area (Å²) in [5.74, 6) is 0.914. The van der Waals surface area contributed by atoms with Gasteiger partial charge >= 0.3 is 0 Å². The summed E-state index contributed by atoms with van der Waals surface area (Å²) < 4.78 is 13.8. The van der Waals surface area contributed by atoms with E-state index < -0.39 is 0 Å². The molecule has 0 saturated heterocycles. The molecule has 0 atom stereocenters. The predicted octanol–water partition coefficient (Wildman–Crippen LogP) is 3.75. The van der Waals surface area contributed by atoms with Crippen LogP contribution >= 0.6 is 0 Å². The molecule has 0 unspecified atom stereocenters. The van der Waals surface area contributed by atoms with Crippen molar-refractivity contribution >= 4 is 11.0 Å². The van der Waals surface area contributed by atoms with Gasteiger partial charge in [0.25, 0.3) is 0 Å². The molecule has 3 rings (SSSR count). The van der Waals surface area contributed by atoms with Crippen molar-refractivity contribution < 1.29 is 9.47 Å². The van der Waals surface area contributed by atoms with Crippen molar-refractivity contribution in [1.82, 2.24) is 9.55 Å². The Balaban J connectivity index is 2.10. The second-order valence-corrected chi connectivity index (χ2v) is 5.31. The van der Waals surface area contributed by atoms with Crippen LogP contribution in [0, 0.1) is 6.92 Å². The summed E-state index contributed by atoms with van der Waals surface area (Å²) >= 11 is 0. The second kappa shape index (κ2) is 5.54. The van der Waals surface area contributed by atoms with Crippen molar-refractivity contribution in [3.05, 3.63) is 29.6 Å². The lowest BCUT2D eigenvalue weighted by molar-refractivity contribution is -0.146. The quantitative estimate of drug-likeness (QED) is 0.753. The summed E-state index contributed by atoms with van der Waals surface area (Å²) in [6.45, 7) is 7.31. The Morgan fingerprint density at radius 3 is 2.55 bits per heavy atom. The van der Waals surface area contributed by atoms with Gasteiger partial charge in [-0.3, -0.25) is 0 Å². The number of ether oxygens (including phenoxy) is 2.